The molecule has 0 saturated carbocycles. The molecule has 0 amide bonds. The van der Waals surface area contributed by atoms with E-state index in [0.29, 0.717) is 6.61 Å². The van der Waals surface area contributed by atoms with E-state index in [1.165, 1.54) is 0 Å². The molecule has 2 aliphatic heterocycles. The van der Waals surface area contributed by atoms with Crippen LogP contribution in [0.3, 0.4) is 0 Å². The van der Waals surface area contributed by atoms with Crippen LogP contribution in [0.25, 0.3) is 0 Å². The smallest absolute Gasteiger partial charge is 0.193 e. The summed E-state index contributed by atoms with van der Waals surface area (Å²) in [6, 6.07) is 9.83. The molecule has 0 aromatic heterocycles. The lowest BCUT2D eigenvalue weighted by Gasteiger charge is -2.44. The number of benzene rings is 1. The highest BCUT2D eigenvalue weighted by atomic mass is 28.4. The third-order valence-electron chi connectivity index (χ3n) is 6.04. The third kappa shape index (κ3) is 4.31. The zero-order chi connectivity index (χ0) is 20.6. The summed E-state index contributed by atoms with van der Waals surface area (Å²) in [5.74, 6) is 0. The SMILES string of the molecule is CC(C)(C)[Si](C)(C)O[C@]1(C)C=C[C@@H]2O[C@H](c3ccccc3)OC[C@H]2O[C@H]1C=O. The Hall–Kier alpha value is -1.31. The second kappa shape index (κ2) is 7.84. The molecule has 0 unspecified atom stereocenters. The van der Waals surface area contributed by atoms with Gasteiger partial charge < -0.3 is 23.4 Å². The molecule has 0 radical (unpaired) electrons. The van der Waals surface area contributed by atoms with Gasteiger partial charge in [-0.3, -0.25) is 0 Å². The fourth-order valence-electron chi connectivity index (χ4n) is 3.28. The monoisotopic (exact) mass is 404 g/mol. The number of fused-ring (bicyclic) bond motifs is 1. The van der Waals surface area contributed by atoms with Crippen molar-refractivity contribution in [3.63, 3.8) is 0 Å². The van der Waals surface area contributed by atoms with E-state index in [1.807, 2.05) is 49.4 Å². The van der Waals surface area contributed by atoms with E-state index in [2.05, 4.69) is 33.9 Å². The van der Waals surface area contributed by atoms with Crippen molar-refractivity contribution in [1.29, 1.82) is 0 Å². The number of carbonyl (C=O) groups excluding carboxylic acids is 1. The molecule has 1 fully saturated rings. The summed E-state index contributed by atoms with van der Waals surface area (Å²) in [6.45, 7) is 13.2. The van der Waals surface area contributed by atoms with Gasteiger partial charge in [0.05, 0.1) is 6.61 Å². The average Bonchev–Trinajstić information content (AvgIpc) is 2.77. The summed E-state index contributed by atoms with van der Waals surface area (Å²) >= 11 is 0. The van der Waals surface area contributed by atoms with Crippen LogP contribution >= 0.6 is 0 Å². The number of carbonyl (C=O) groups is 1. The first-order valence-electron chi connectivity index (χ1n) is 9.88. The van der Waals surface area contributed by atoms with Crippen molar-refractivity contribution in [1.82, 2.24) is 0 Å². The molecule has 2 aliphatic rings. The van der Waals surface area contributed by atoms with E-state index >= 15 is 0 Å². The molecule has 1 saturated heterocycles. The standard InChI is InChI=1S/C22H32O5Si/c1-21(2,3)28(5,6)27-22(4)13-12-17-18(25-19(22)14-23)15-24-20(26-17)16-10-8-7-9-11-16/h7-14,17-20H,15H2,1-6H3/t17-,18+,19-,20+,22+/m0/s1. The molecule has 0 aliphatic carbocycles. The maximum Gasteiger partial charge on any atom is 0.193 e. The summed E-state index contributed by atoms with van der Waals surface area (Å²) < 4.78 is 24.8. The van der Waals surface area contributed by atoms with Gasteiger partial charge in [-0.25, -0.2) is 0 Å². The first kappa shape index (κ1) is 21.4. The topological polar surface area (TPSA) is 54.0 Å². The highest BCUT2D eigenvalue weighted by Gasteiger charge is 2.48. The van der Waals surface area contributed by atoms with Crippen LogP contribution in [0.2, 0.25) is 18.1 Å². The summed E-state index contributed by atoms with van der Waals surface area (Å²) in [4.78, 5) is 11.9. The highest BCUT2D eigenvalue weighted by Crippen LogP contribution is 2.42. The van der Waals surface area contributed by atoms with Crippen LogP contribution in [0.15, 0.2) is 42.5 Å². The van der Waals surface area contributed by atoms with Gasteiger partial charge >= 0.3 is 0 Å². The molecular weight excluding hydrogens is 372 g/mol. The molecule has 0 bridgehead atoms. The van der Waals surface area contributed by atoms with Gasteiger partial charge in [-0.2, -0.15) is 0 Å². The Balaban J connectivity index is 1.83. The second-order valence-electron chi connectivity index (χ2n) is 9.31. The molecule has 3 rings (SSSR count). The number of ether oxygens (including phenoxy) is 3. The number of aldehydes is 1. The zero-order valence-corrected chi connectivity index (χ0v) is 18.7. The van der Waals surface area contributed by atoms with Gasteiger partial charge in [-0.1, -0.05) is 63.3 Å². The minimum absolute atomic E-state index is 0.0222. The maximum atomic E-state index is 11.9. The van der Waals surface area contributed by atoms with Gasteiger partial charge in [0, 0.05) is 5.56 Å². The molecular formula is C22H32O5Si. The van der Waals surface area contributed by atoms with E-state index in [0.717, 1.165) is 11.8 Å². The van der Waals surface area contributed by atoms with Gasteiger partial charge in [0.1, 0.15) is 23.9 Å². The van der Waals surface area contributed by atoms with Crippen molar-refractivity contribution in [2.75, 3.05) is 6.61 Å². The molecule has 0 N–H and O–H groups in total. The lowest BCUT2D eigenvalue weighted by molar-refractivity contribution is -0.261. The Morgan fingerprint density at radius 1 is 1.18 bits per heavy atom. The summed E-state index contributed by atoms with van der Waals surface area (Å²) in [7, 11) is -2.12. The Morgan fingerprint density at radius 2 is 1.86 bits per heavy atom. The fraction of sp³-hybridized carbons (Fsp3) is 0.591. The largest absolute Gasteiger partial charge is 0.405 e. The van der Waals surface area contributed by atoms with Gasteiger partial charge in [0.2, 0.25) is 0 Å². The van der Waals surface area contributed by atoms with Crippen LogP contribution < -0.4 is 0 Å². The minimum atomic E-state index is -2.12. The molecule has 0 spiro atoms. The van der Waals surface area contributed by atoms with E-state index in [-0.39, 0.29) is 17.2 Å². The Morgan fingerprint density at radius 3 is 2.46 bits per heavy atom. The zero-order valence-electron chi connectivity index (χ0n) is 17.7. The molecule has 5 atom stereocenters. The lowest BCUT2D eigenvalue weighted by atomic mass is 10.00. The van der Waals surface area contributed by atoms with Crippen LogP contribution in [0.1, 0.15) is 39.5 Å². The van der Waals surface area contributed by atoms with Crippen molar-refractivity contribution in [2.45, 2.75) is 76.0 Å². The number of rotatable bonds is 4. The maximum absolute atomic E-state index is 11.9. The molecule has 154 valence electrons. The highest BCUT2D eigenvalue weighted by molar-refractivity contribution is 6.74. The van der Waals surface area contributed by atoms with Crippen LogP contribution in [0, 0.1) is 0 Å². The Bertz CT molecular complexity index is 711. The van der Waals surface area contributed by atoms with Gasteiger partial charge in [0.15, 0.2) is 20.9 Å². The first-order valence-corrected chi connectivity index (χ1v) is 12.8. The second-order valence-corrected chi connectivity index (χ2v) is 14.0. The third-order valence-corrected chi connectivity index (χ3v) is 10.6. The predicted molar refractivity (Wildman–Crippen MR) is 111 cm³/mol. The van der Waals surface area contributed by atoms with Crippen LogP contribution in [-0.4, -0.2) is 45.1 Å². The van der Waals surface area contributed by atoms with Crippen LogP contribution in [0.4, 0.5) is 0 Å². The van der Waals surface area contributed by atoms with E-state index < -0.39 is 26.3 Å². The average molecular weight is 405 g/mol. The Labute approximate surface area is 169 Å². The lowest BCUT2D eigenvalue weighted by Crippen LogP contribution is -2.54. The molecule has 2 heterocycles. The number of hydrogen-bond acceptors (Lipinski definition) is 5. The molecule has 6 heteroatoms. The molecule has 1 aromatic rings. The van der Waals surface area contributed by atoms with Gasteiger partial charge in [0.25, 0.3) is 0 Å². The molecule has 28 heavy (non-hydrogen) atoms. The van der Waals surface area contributed by atoms with Crippen molar-refractivity contribution >= 4 is 14.6 Å². The van der Waals surface area contributed by atoms with Crippen LogP contribution in [-0.2, 0) is 23.4 Å². The fourth-order valence-corrected chi connectivity index (χ4v) is 4.87. The summed E-state index contributed by atoms with van der Waals surface area (Å²) in [6.07, 6.45) is 2.94. The first-order chi connectivity index (χ1) is 13.1. The molecule has 1 aromatic carbocycles. The Kier molecular flexibility index (Phi) is 5.99. The minimum Gasteiger partial charge on any atom is -0.405 e. The molecule has 5 nitrogen and oxygen atoms in total. The van der Waals surface area contributed by atoms with Crippen molar-refractivity contribution in [2.24, 2.45) is 0 Å². The van der Waals surface area contributed by atoms with Crippen molar-refractivity contribution in [3.05, 3.63) is 48.0 Å². The number of hydrogen-bond donors (Lipinski definition) is 0. The quantitative estimate of drug-likeness (QED) is 0.423. The van der Waals surface area contributed by atoms with E-state index in [4.69, 9.17) is 18.6 Å². The van der Waals surface area contributed by atoms with E-state index in [1.54, 1.807) is 0 Å². The van der Waals surface area contributed by atoms with Crippen LogP contribution in [0.5, 0.6) is 0 Å². The van der Waals surface area contributed by atoms with Crippen molar-refractivity contribution in [3.8, 4) is 0 Å². The predicted octanol–water partition coefficient (Wildman–Crippen LogP) is 4.40. The van der Waals surface area contributed by atoms with Crippen molar-refractivity contribution < 1.29 is 23.4 Å². The van der Waals surface area contributed by atoms with E-state index in [9.17, 15) is 4.79 Å². The summed E-state index contributed by atoms with van der Waals surface area (Å²) in [5.41, 5.74) is 0.124. The van der Waals surface area contributed by atoms with Gasteiger partial charge in [-0.05, 0) is 25.1 Å². The summed E-state index contributed by atoms with van der Waals surface area (Å²) in [5, 5.41) is 0.0222. The van der Waals surface area contributed by atoms with Gasteiger partial charge in [-0.15, -0.1) is 0 Å². The normalized spacial score (nSPS) is 33.8.